The van der Waals surface area contributed by atoms with E-state index in [0.29, 0.717) is 42.7 Å². The number of hydrogen-bond acceptors (Lipinski definition) is 4. The van der Waals surface area contributed by atoms with Crippen molar-refractivity contribution in [2.75, 3.05) is 18.1 Å². The fourth-order valence-electron chi connectivity index (χ4n) is 4.08. The van der Waals surface area contributed by atoms with Gasteiger partial charge < -0.3 is 19.4 Å². The Morgan fingerprint density at radius 3 is 2.76 bits per heavy atom. The number of aromatic nitrogens is 2. The van der Waals surface area contributed by atoms with Crippen molar-refractivity contribution in [2.45, 2.75) is 45.2 Å². The van der Waals surface area contributed by atoms with Crippen molar-refractivity contribution in [3.8, 4) is 0 Å². The molecule has 4 rings (SSSR count). The smallest absolute Gasteiger partial charge is 0.414 e. The maximum Gasteiger partial charge on any atom is 0.414 e. The first-order chi connectivity index (χ1) is 16.2. The second-order valence-corrected chi connectivity index (χ2v) is 8.73. The molecule has 1 aliphatic rings. The van der Waals surface area contributed by atoms with E-state index in [4.69, 9.17) is 4.74 Å². The molecule has 2 N–H and O–H groups in total. The molecular formula is C24H26F2N4O4. The van der Waals surface area contributed by atoms with Gasteiger partial charge in [-0.15, -0.1) is 0 Å². The third-order valence-corrected chi connectivity index (χ3v) is 5.89. The van der Waals surface area contributed by atoms with Crippen LogP contribution in [-0.4, -0.2) is 45.4 Å². The van der Waals surface area contributed by atoms with Crippen molar-refractivity contribution in [2.24, 2.45) is 4.99 Å². The number of imidazole rings is 1. The van der Waals surface area contributed by atoms with Crippen molar-refractivity contribution in [1.29, 1.82) is 0 Å². The zero-order valence-corrected chi connectivity index (χ0v) is 18.9. The Kier molecular flexibility index (Phi) is 6.52. The molecule has 1 saturated heterocycles. The minimum absolute atomic E-state index is 0.0451. The second kappa shape index (κ2) is 9.38. The molecule has 34 heavy (non-hydrogen) atoms. The molecule has 2 amide bonds. The number of fused-ring (bicyclic) bond motifs is 1. The van der Waals surface area contributed by atoms with E-state index in [2.05, 4.69) is 9.98 Å². The van der Waals surface area contributed by atoms with Gasteiger partial charge in [0.05, 0.1) is 17.6 Å². The van der Waals surface area contributed by atoms with Gasteiger partial charge in [-0.25, -0.2) is 13.6 Å². The summed E-state index contributed by atoms with van der Waals surface area (Å²) in [6.07, 6.45) is -2.04. The number of aryl methyl sites for hydroxylation is 1. The first-order valence-electron chi connectivity index (χ1n) is 11.0. The molecule has 0 atom stereocenters. The first-order valence-corrected chi connectivity index (χ1v) is 11.0. The highest BCUT2D eigenvalue weighted by Gasteiger charge is 2.37. The third-order valence-electron chi connectivity index (χ3n) is 5.89. The van der Waals surface area contributed by atoms with E-state index in [1.807, 2.05) is 13.8 Å². The number of H-pyrrole nitrogens is 1. The van der Waals surface area contributed by atoms with Gasteiger partial charge in [0.15, 0.2) is 0 Å². The average Bonchev–Trinajstić information content (AvgIpc) is 3.13. The minimum Gasteiger partial charge on any atom is -0.449 e. The predicted molar refractivity (Wildman–Crippen MR) is 122 cm³/mol. The van der Waals surface area contributed by atoms with Gasteiger partial charge in [0.2, 0.25) is 5.62 Å². The number of cyclic esters (lactones) is 1. The molecular weight excluding hydrogens is 446 g/mol. The normalized spacial score (nSPS) is 16.4. The predicted octanol–water partition coefficient (Wildman–Crippen LogP) is 4.16. The van der Waals surface area contributed by atoms with Crippen LogP contribution < -0.4 is 10.5 Å². The van der Waals surface area contributed by atoms with Gasteiger partial charge in [-0.05, 0) is 50.6 Å². The topological polar surface area (TPSA) is 99.9 Å². The monoisotopic (exact) mass is 472 g/mol. The lowest BCUT2D eigenvalue weighted by Gasteiger charge is -2.41. The summed E-state index contributed by atoms with van der Waals surface area (Å²) in [5, 5.41) is 9.32. The number of alkyl halides is 2. The summed E-state index contributed by atoms with van der Waals surface area (Å²) in [4.78, 5) is 34.1. The van der Waals surface area contributed by atoms with E-state index < -0.39 is 24.0 Å². The maximum atomic E-state index is 13.0. The molecule has 0 bridgehead atoms. The van der Waals surface area contributed by atoms with Crippen molar-refractivity contribution in [3.63, 3.8) is 0 Å². The number of benzene rings is 2. The number of halogens is 2. The van der Waals surface area contributed by atoms with E-state index in [0.717, 1.165) is 6.07 Å². The van der Waals surface area contributed by atoms with Crippen LogP contribution >= 0.6 is 0 Å². The van der Waals surface area contributed by atoms with Gasteiger partial charge in [0.25, 0.3) is 12.3 Å². The molecule has 180 valence electrons. The fourth-order valence-corrected chi connectivity index (χ4v) is 4.08. The number of carbonyl (C=O) groups excluding carboxylic acids is 2. The van der Waals surface area contributed by atoms with E-state index in [9.17, 15) is 23.5 Å². The molecule has 1 aromatic heterocycles. The number of aliphatic hydroxyl groups is 1. The van der Waals surface area contributed by atoms with Gasteiger partial charge in [-0.2, -0.15) is 4.99 Å². The summed E-state index contributed by atoms with van der Waals surface area (Å²) in [6.45, 7) is 4.58. The van der Waals surface area contributed by atoms with Crippen molar-refractivity contribution >= 4 is 28.7 Å². The van der Waals surface area contributed by atoms with E-state index in [1.165, 1.54) is 18.2 Å². The molecule has 0 radical (unpaired) electrons. The number of amides is 2. The van der Waals surface area contributed by atoms with Crippen LogP contribution in [0.3, 0.4) is 0 Å². The van der Waals surface area contributed by atoms with Gasteiger partial charge >= 0.3 is 6.09 Å². The van der Waals surface area contributed by atoms with Crippen molar-refractivity contribution in [1.82, 2.24) is 9.55 Å². The van der Waals surface area contributed by atoms with Crippen molar-refractivity contribution < 1.29 is 28.2 Å². The Balaban J connectivity index is 1.79. The zero-order valence-electron chi connectivity index (χ0n) is 18.9. The molecule has 2 aromatic carbocycles. The number of aliphatic hydroxyl groups excluding tert-OH is 1. The first kappa shape index (κ1) is 23.6. The number of nitrogens with one attached hydrogen (secondary N) is 1. The second-order valence-electron chi connectivity index (χ2n) is 8.73. The Hall–Kier alpha value is -3.53. The number of carbonyl (C=O) groups is 2. The van der Waals surface area contributed by atoms with Crippen LogP contribution in [0.25, 0.3) is 11.0 Å². The summed E-state index contributed by atoms with van der Waals surface area (Å²) in [5.41, 5.74) is 1.52. The summed E-state index contributed by atoms with van der Waals surface area (Å²) in [6, 6.07) is 10.6. The van der Waals surface area contributed by atoms with Crippen LogP contribution in [0.2, 0.25) is 0 Å². The fraction of sp³-hybridized carbons (Fsp3) is 0.375. The number of ether oxygens (including phenoxy) is 1. The largest absolute Gasteiger partial charge is 0.449 e. The van der Waals surface area contributed by atoms with Gasteiger partial charge in [-0.1, -0.05) is 12.1 Å². The third kappa shape index (κ3) is 4.58. The molecule has 0 unspecified atom stereocenters. The van der Waals surface area contributed by atoms with Crippen LogP contribution in [-0.2, 0) is 11.3 Å². The minimum atomic E-state index is -2.69. The van der Waals surface area contributed by atoms with Crippen LogP contribution in [0.15, 0.2) is 47.5 Å². The van der Waals surface area contributed by atoms with Crippen molar-refractivity contribution in [3.05, 3.63) is 59.2 Å². The Morgan fingerprint density at radius 2 is 2.06 bits per heavy atom. The van der Waals surface area contributed by atoms with E-state index in [1.54, 1.807) is 27.7 Å². The summed E-state index contributed by atoms with van der Waals surface area (Å²) >= 11 is 0. The zero-order chi connectivity index (χ0) is 24.5. The lowest BCUT2D eigenvalue weighted by molar-refractivity contribution is 0.0995. The highest BCUT2D eigenvalue weighted by atomic mass is 19.3. The van der Waals surface area contributed by atoms with Crippen LogP contribution in [0.4, 0.5) is 19.3 Å². The van der Waals surface area contributed by atoms with E-state index in [-0.39, 0.29) is 23.4 Å². The summed E-state index contributed by atoms with van der Waals surface area (Å²) < 4.78 is 33.1. The Bertz CT molecular complexity index is 1300. The molecule has 3 aromatic rings. The molecule has 0 spiro atoms. The number of nitrogens with zero attached hydrogens (tertiary/aromatic N) is 3. The lowest BCUT2D eigenvalue weighted by Crippen LogP contribution is -2.52. The maximum absolute atomic E-state index is 13.0. The molecule has 2 heterocycles. The van der Waals surface area contributed by atoms with Gasteiger partial charge in [0.1, 0.15) is 0 Å². The standard InChI is InChI=1S/C24H26F2N4O4/c1-24(2)9-12-34-23(33)30(24)17-7-8-19-18(14-17)27-22(29(19)10-4-11-31)28-21(32)16-6-3-5-15(13-16)20(25)26/h3,5-8,13-14,20,31H,4,9-12H2,1-2H3,(H,27,28,32). The molecule has 10 heteroatoms. The Labute approximate surface area is 194 Å². The molecule has 0 saturated carbocycles. The highest BCUT2D eigenvalue weighted by Crippen LogP contribution is 2.32. The van der Waals surface area contributed by atoms with E-state index >= 15 is 0 Å². The van der Waals surface area contributed by atoms with Crippen LogP contribution in [0.1, 0.15) is 49.0 Å². The van der Waals surface area contributed by atoms with Crippen LogP contribution in [0, 0.1) is 0 Å². The number of rotatable bonds is 6. The molecule has 1 fully saturated rings. The molecule has 1 aliphatic heterocycles. The lowest BCUT2D eigenvalue weighted by atomic mass is 9.97. The quantitative estimate of drug-likeness (QED) is 0.563. The van der Waals surface area contributed by atoms with Gasteiger partial charge in [0, 0.05) is 41.9 Å². The number of anilines is 1. The number of aromatic amines is 1. The highest BCUT2D eigenvalue weighted by molar-refractivity contribution is 5.95. The summed E-state index contributed by atoms with van der Waals surface area (Å²) in [7, 11) is 0. The molecule has 8 nitrogen and oxygen atoms in total. The SMILES string of the molecule is CC1(C)CCOC(=O)N1c1ccc2c(c1)[nH]/c(=N\C(=O)c1cccc(C(F)F)c1)n2CCCO. The summed E-state index contributed by atoms with van der Waals surface area (Å²) in [5.74, 6) is -0.673. The molecule has 0 aliphatic carbocycles. The van der Waals surface area contributed by atoms with Crippen LogP contribution in [0.5, 0.6) is 0 Å². The average molecular weight is 472 g/mol. The van der Waals surface area contributed by atoms with Gasteiger partial charge in [-0.3, -0.25) is 9.69 Å². The Morgan fingerprint density at radius 1 is 1.26 bits per heavy atom. The number of hydrogen-bond donors (Lipinski definition) is 2.